The molecule has 172 valence electrons. The van der Waals surface area contributed by atoms with Gasteiger partial charge in [-0.05, 0) is 94.8 Å². The fraction of sp³-hybridized carbons (Fsp3) is 0.152. The topological polar surface area (TPSA) is 3.24 Å². The van der Waals surface area contributed by atoms with Gasteiger partial charge in [0.15, 0.2) is 0 Å². The lowest BCUT2D eigenvalue weighted by molar-refractivity contribution is 0.660. The van der Waals surface area contributed by atoms with Crippen molar-refractivity contribution in [2.24, 2.45) is 0 Å². The Hall–Kier alpha value is -3.36. The van der Waals surface area contributed by atoms with Crippen LogP contribution < -0.4 is 4.90 Å². The third-order valence-electron chi connectivity index (χ3n) is 7.36. The zero-order valence-corrected chi connectivity index (χ0v) is 21.7. The van der Waals surface area contributed by atoms with Gasteiger partial charge in [0.05, 0.1) is 0 Å². The van der Waals surface area contributed by atoms with Crippen LogP contribution in [0.3, 0.4) is 0 Å². The van der Waals surface area contributed by atoms with Crippen molar-refractivity contribution in [3.8, 4) is 11.1 Å². The predicted octanol–water partition coefficient (Wildman–Crippen LogP) is 9.96. The highest BCUT2D eigenvalue weighted by molar-refractivity contribution is 9.10. The third-order valence-corrected chi connectivity index (χ3v) is 7.89. The number of hydrogen-bond acceptors (Lipinski definition) is 1. The van der Waals surface area contributed by atoms with Crippen LogP contribution in [-0.4, -0.2) is 0 Å². The minimum Gasteiger partial charge on any atom is -0.310 e. The summed E-state index contributed by atoms with van der Waals surface area (Å²) in [5.41, 5.74) is 11.5. The second kappa shape index (κ2) is 8.70. The van der Waals surface area contributed by atoms with Crippen molar-refractivity contribution in [2.75, 3.05) is 4.90 Å². The van der Waals surface area contributed by atoms with Crippen LogP contribution in [0.1, 0.15) is 43.4 Å². The van der Waals surface area contributed by atoms with E-state index >= 15 is 0 Å². The first-order chi connectivity index (χ1) is 17.0. The Bertz CT molecular complexity index is 1460. The van der Waals surface area contributed by atoms with E-state index in [1.807, 2.05) is 0 Å². The summed E-state index contributed by atoms with van der Waals surface area (Å²) < 4.78 is 1.08. The van der Waals surface area contributed by atoms with E-state index in [0.717, 1.165) is 28.7 Å². The van der Waals surface area contributed by atoms with Crippen molar-refractivity contribution in [1.29, 1.82) is 0 Å². The highest BCUT2D eigenvalue weighted by atomic mass is 79.9. The lowest BCUT2D eigenvalue weighted by atomic mass is 9.82. The highest BCUT2D eigenvalue weighted by Gasteiger charge is 2.35. The fourth-order valence-corrected chi connectivity index (χ4v) is 5.76. The molecule has 0 N–H and O–H groups in total. The predicted molar refractivity (Wildman–Crippen MR) is 153 cm³/mol. The Labute approximate surface area is 216 Å². The van der Waals surface area contributed by atoms with E-state index in [2.05, 4.69) is 144 Å². The first-order valence-corrected chi connectivity index (χ1v) is 13.1. The molecule has 1 nitrogen and oxygen atoms in total. The number of halogens is 1. The minimum absolute atomic E-state index is 0.0308. The van der Waals surface area contributed by atoms with Crippen molar-refractivity contribution < 1.29 is 0 Å². The fourth-order valence-electron chi connectivity index (χ4n) is 5.50. The van der Waals surface area contributed by atoms with E-state index in [1.165, 1.54) is 39.1 Å². The van der Waals surface area contributed by atoms with E-state index in [4.69, 9.17) is 0 Å². The summed E-state index contributed by atoms with van der Waals surface area (Å²) in [5, 5.41) is 0. The van der Waals surface area contributed by atoms with Crippen LogP contribution in [0.2, 0.25) is 0 Å². The summed E-state index contributed by atoms with van der Waals surface area (Å²) in [6, 6.07) is 33.3. The van der Waals surface area contributed by atoms with Gasteiger partial charge in [-0.3, -0.25) is 0 Å². The van der Waals surface area contributed by atoms with Gasteiger partial charge in [0, 0.05) is 26.9 Å². The monoisotopic (exact) mass is 517 g/mol. The van der Waals surface area contributed by atoms with Crippen molar-refractivity contribution in [3.63, 3.8) is 0 Å². The maximum absolute atomic E-state index is 3.60. The molecule has 2 aliphatic rings. The summed E-state index contributed by atoms with van der Waals surface area (Å²) in [5.74, 6) is 0. The molecule has 0 radical (unpaired) electrons. The van der Waals surface area contributed by atoms with Crippen LogP contribution >= 0.6 is 15.9 Å². The molecule has 0 unspecified atom stereocenters. The molecule has 0 fully saturated rings. The largest absolute Gasteiger partial charge is 0.310 e. The van der Waals surface area contributed by atoms with E-state index in [-0.39, 0.29) is 5.41 Å². The molecular formula is C33H28BrN. The zero-order chi connectivity index (χ0) is 24.0. The SMILES string of the molecule is CC1(C)c2ccccc2-c2ccc(N(c3ccc(Br)cc3)c3ccc(C4=CCCC=C4)cc3)cc21. The second-order valence-corrected chi connectivity index (χ2v) is 10.8. The molecule has 4 aromatic carbocycles. The Morgan fingerprint density at radius 1 is 0.686 bits per heavy atom. The number of allylic oxidation sites excluding steroid dienone is 4. The van der Waals surface area contributed by atoms with Gasteiger partial charge >= 0.3 is 0 Å². The lowest BCUT2D eigenvalue weighted by Crippen LogP contribution is -2.16. The normalized spacial score (nSPS) is 15.3. The number of nitrogens with zero attached hydrogens (tertiary/aromatic N) is 1. The molecule has 0 heterocycles. The number of anilines is 3. The van der Waals surface area contributed by atoms with Gasteiger partial charge in [-0.15, -0.1) is 0 Å². The molecule has 35 heavy (non-hydrogen) atoms. The van der Waals surface area contributed by atoms with Gasteiger partial charge in [-0.25, -0.2) is 0 Å². The van der Waals surface area contributed by atoms with E-state index < -0.39 is 0 Å². The van der Waals surface area contributed by atoms with Crippen LogP contribution in [0.5, 0.6) is 0 Å². The second-order valence-electron chi connectivity index (χ2n) is 9.90. The lowest BCUT2D eigenvalue weighted by Gasteiger charge is -2.28. The van der Waals surface area contributed by atoms with Gasteiger partial charge in [-0.2, -0.15) is 0 Å². The van der Waals surface area contributed by atoms with Gasteiger partial charge in [-0.1, -0.05) is 90.5 Å². The molecule has 0 bridgehead atoms. The van der Waals surface area contributed by atoms with Crippen LogP contribution in [0.4, 0.5) is 17.1 Å². The van der Waals surface area contributed by atoms with Crippen LogP contribution in [0.25, 0.3) is 16.7 Å². The number of fused-ring (bicyclic) bond motifs is 3. The van der Waals surface area contributed by atoms with Crippen molar-refractivity contribution in [3.05, 3.63) is 130 Å². The zero-order valence-electron chi connectivity index (χ0n) is 20.1. The molecular weight excluding hydrogens is 490 g/mol. The van der Waals surface area contributed by atoms with Gasteiger partial charge < -0.3 is 4.90 Å². The number of rotatable bonds is 4. The van der Waals surface area contributed by atoms with Gasteiger partial charge in [0.1, 0.15) is 0 Å². The number of hydrogen-bond donors (Lipinski definition) is 0. The summed E-state index contributed by atoms with van der Waals surface area (Å²) in [6.07, 6.45) is 9.10. The Kier molecular flexibility index (Phi) is 5.50. The van der Waals surface area contributed by atoms with Crippen LogP contribution in [0, 0.1) is 0 Å². The average Bonchev–Trinajstić information content (AvgIpc) is 3.13. The van der Waals surface area contributed by atoms with Gasteiger partial charge in [0.25, 0.3) is 0 Å². The highest BCUT2D eigenvalue weighted by Crippen LogP contribution is 2.50. The minimum atomic E-state index is -0.0308. The molecule has 0 atom stereocenters. The Morgan fingerprint density at radius 3 is 2.06 bits per heavy atom. The summed E-state index contributed by atoms with van der Waals surface area (Å²) in [4.78, 5) is 2.36. The first kappa shape index (κ1) is 22.1. The van der Waals surface area contributed by atoms with Crippen LogP contribution in [0.15, 0.2) is 114 Å². The molecule has 0 amide bonds. The molecule has 0 aromatic heterocycles. The average molecular weight is 518 g/mol. The molecule has 0 aliphatic heterocycles. The standard InChI is InChI=1S/C33H28BrN/c1-33(2)31-11-7-6-10-29(31)30-21-20-28(22-32(30)33)35(27-18-14-25(34)15-19-27)26-16-12-24(13-17-26)23-8-4-3-5-9-23/h4,6-22H,3,5H2,1-2H3. The van der Waals surface area contributed by atoms with Crippen molar-refractivity contribution >= 4 is 38.6 Å². The maximum atomic E-state index is 3.60. The molecule has 2 aliphatic carbocycles. The Morgan fingerprint density at radius 2 is 1.34 bits per heavy atom. The number of benzene rings is 4. The van der Waals surface area contributed by atoms with Gasteiger partial charge in [0.2, 0.25) is 0 Å². The molecule has 0 saturated carbocycles. The van der Waals surface area contributed by atoms with Crippen molar-refractivity contribution in [2.45, 2.75) is 32.1 Å². The Balaban J connectivity index is 1.46. The molecule has 4 aromatic rings. The summed E-state index contributed by atoms with van der Waals surface area (Å²) in [7, 11) is 0. The van der Waals surface area contributed by atoms with E-state index in [0.29, 0.717) is 0 Å². The quantitative estimate of drug-likeness (QED) is 0.260. The summed E-state index contributed by atoms with van der Waals surface area (Å²) in [6.45, 7) is 4.68. The smallest absolute Gasteiger partial charge is 0.0465 e. The molecule has 0 saturated heterocycles. The molecule has 0 spiro atoms. The van der Waals surface area contributed by atoms with Crippen molar-refractivity contribution in [1.82, 2.24) is 0 Å². The van der Waals surface area contributed by atoms with E-state index in [1.54, 1.807) is 0 Å². The van der Waals surface area contributed by atoms with Crippen LogP contribution in [-0.2, 0) is 5.41 Å². The summed E-state index contributed by atoms with van der Waals surface area (Å²) >= 11 is 3.60. The molecule has 6 rings (SSSR count). The first-order valence-electron chi connectivity index (χ1n) is 12.3. The molecule has 2 heteroatoms. The maximum Gasteiger partial charge on any atom is 0.0465 e. The van der Waals surface area contributed by atoms with E-state index in [9.17, 15) is 0 Å². The third kappa shape index (κ3) is 3.86.